The van der Waals surface area contributed by atoms with Crippen LogP contribution in [0.1, 0.15) is 0 Å². The lowest BCUT2D eigenvalue weighted by Crippen LogP contribution is -2.47. The van der Waals surface area contributed by atoms with E-state index in [1.807, 2.05) is 0 Å². The molecule has 0 aromatic heterocycles. The summed E-state index contributed by atoms with van der Waals surface area (Å²) >= 11 is 0. The third-order valence-corrected chi connectivity index (χ3v) is 4.37. The van der Waals surface area contributed by atoms with Crippen LogP contribution in [0.4, 0.5) is 11.4 Å². The molecule has 1 fully saturated rings. The first-order valence-corrected chi connectivity index (χ1v) is 7.97. The number of hydrogen-bond acceptors (Lipinski definition) is 6. The highest BCUT2D eigenvalue weighted by Crippen LogP contribution is 2.26. The van der Waals surface area contributed by atoms with Crippen LogP contribution in [0.15, 0.2) is 23.1 Å². The van der Waals surface area contributed by atoms with Gasteiger partial charge in [0, 0.05) is 32.7 Å². The van der Waals surface area contributed by atoms with Crippen LogP contribution < -0.4 is 15.8 Å². The summed E-state index contributed by atoms with van der Waals surface area (Å²) < 4.78 is 22.5. The first kappa shape index (κ1) is 15.0. The van der Waals surface area contributed by atoms with Gasteiger partial charge in [0.15, 0.2) is 0 Å². The molecule has 5 N–H and O–H groups in total. The van der Waals surface area contributed by atoms with Gasteiger partial charge in [0.1, 0.15) is 0 Å². The number of aliphatic hydroxyl groups is 1. The monoisotopic (exact) mass is 300 g/mol. The summed E-state index contributed by atoms with van der Waals surface area (Å²) in [5.74, 6) is 0. The average Bonchev–Trinajstić information content (AvgIpc) is 2.39. The molecule has 0 amide bonds. The second-order valence-electron chi connectivity index (χ2n) is 4.82. The molecule has 0 radical (unpaired) electrons. The van der Waals surface area contributed by atoms with Crippen molar-refractivity contribution in [3.05, 3.63) is 18.2 Å². The fourth-order valence-electron chi connectivity index (χ4n) is 2.35. The van der Waals surface area contributed by atoms with Gasteiger partial charge >= 0.3 is 0 Å². The van der Waals surface area contributed by atoms with Crippen LogP contribution in [0.25, 0.3) is 0 Å². The number of primary sulfonamides is 1. The molecule has 0 bridgehead atoms. The number of nitrogens with two attached hydrogens (primary N) is 2. The molecular weight excluding hydrogens is 280 g/mol. The molecule has 1 aliphatic rings. The number of aliphatic hydroxyl groups excluding tert-OH is 1. The third-order valence-electron chi connectivity index (χ3n) is 3.46. The number of nitrogens with zero attached hydrogens (tertiary/aromatic N) is 2. The molecule has 0 aliphatic carbocycles. The van der Waals surface area contributed by atoms with Crippen molar-refractivity contribution < 1.29 is 13.5 Å². The molecule has 112 valence electrons. The molecule has 0 unspecified atom stereocenters. The molecule has 0 spiro atoms. The summed E-state index contributed by atoms with van der Waals surface area (Å²) in [7, 11) is -3.72. The van der Waals surface area contributed by atoms with Gasteiger partial charge in [-0.05, 0) is 18.2 Å². The van der Waals surface area contributed by atoms with Crippen LogP contribution in [-0.2, 0) is 10.0 Å². The van der Waals surface area contributed by atoms with Crippen LogP contribution in [0.3, 0.4) is 0 Å². The Bertz CT molecular complexity index is 568. The van der Waals surface area contributed by atoms with Gasteiger partial charge in [0.2, 0.25) is 10.0 Å². The zero-order chi connectivity index (χ0) is 14.8. The van der Waals surface area contributed by atoms with E-state index in [2.05, 4.69) is 9.80 Å². The van der Waals surface area contributed by atoms with Crippen molar-refractivity contribution in [2.24, 2.45) is 5.14 Å². The molecule has 8 heteroatoms. The summed E-state index contributed by atoms with van der Waals surface area (Å²) in [6, 6.07) is 4.56. The van der Waals surface area contributed by atoms with Crippen molar-refractivity contribution in [2.45, 2.75) is 4.90 Å². The SMILES string of the molecule is Nc1cc(S(N)(=O)=O)ccc1N1CCN(CCO)CC1. The lowest BCUT2D eigenvalue weighted by Gasteiger charge is -2.36. The molecule has 1 heterocycles. The fraction of sp³-hybridized carbons (Fsp3) is 0.500. The van der Waals surface area contributed by atoms with Crippen LogP contribution >= 0.6 is 0 Å². The number of anilines is 2. The molecule has 1 aliphatic heterocycles. The fourth-order valence-corrected chi connectivity index (χ4v) is 2.90. The summed E-state index contributed by atoms with van der Waals surface area (Å²) in [6.45, 7) is 4.10. The number of hydrogen-bond donors (Lipinski definition) is 3. The Kier molecular flexibility index (Phi) is 4.48. The molecule has 7 nitrogen and oxygen atoms in total. The van der Waals surface area contributed by atoms with Crippen molar-refractivity contribution in [1.29, 1.82) is 0 Å². The Labute approximate surface area is 118 Å². The average molecular weight is 300 g/mol. The lowest BCUT2D eigenvalue weighted by atomic mass is 10.2. The van der Waals surface area contributed by atoms with Gasteiger partial charge in [-0.2, -0.15) is 0 Å². The number of nitrogen functional groups attached to an aromatic ring is 1. The molecule has 1 aromatic carbocycles. The van der Waals surface area contributed by atoms with Crippen LogP contribution in [0.2, 0.25) is 0 Å². The van der Waals surface area contributed by atoms with Crippen molar-refractivity contribution in [3.8, 4) is 0 Å². The minimum Gasteiger partial charge on any atom is -0.397 e. The van der Waals surface area contributed by atoms with E-state index in [1.165, 1.54) is 12.1 Å². The third kappa shape index (κ3) is 3.40. The molecule has 1 aromatic rings. The maximum atomic E-state index is 11.3. The van der Waals surface area contributed by atoms with Gasteiger partial charge < -0.3 is 15.7 Å². The van der Waals surface area contributed by atoms with Crippen molar-refractivity contribution >= 4 is 21.4 Å². The van der Waals surface area contributed by atoms with E-state index in [9.17, 15) is 8.42 Å². The number of β-amino-alcohol motifs (C(OH)–C–C–N with tert-alkyl or cyclic N) is 1. The van der Waals surface area contributed by atoms with Gasteiger partial charge in [0.05, 0.1) is 22.9 Å². The van der Waals surface area contributed by atoms with E-state index in [1.54, 1.807) is 6.07 Å². The Morgan fingerprint density at radius 3 is 2.35 bits per heavy atom. The van der Waals surface area contributed by atoms with E-state index in [0.717, 1.165) is 31.9 Å². The van der Waals surface area contributed by atoms with Crippen molar-refractivity contribution in [1.82, 2.24) is 4.90 Å². The highest BCUT2D eigenvalue weighted by atomic mass is 32.2. The molecular formula is C12H20N4O3S. The minimum atomic E-state index is -3.72. The maximum Gasteiger partial charge on any atom is 0.238 e. The Morgan fingerprint density at radius 1 is 1.20 bits per heavy atom. The number of benzene rings is 1. The Morgan fingerprint density at radius 2 is 1.85 bits per heavy atom. The molecule has 2 rings (SSSR count). The topological polar surface area (TPSA) is 113 Å². The largest absolute Gasteiger partial charge is 0.397 e. The van der Waals surface area contributed by atoms with Crippen LogP contribution in [0.5, 0.6) is 0 Å². The number of sulfonamides is 1. The maximum absolute atomic E-state index is 11.3. The minimum absolute atomic E-state index is 0.0256. The number of piperazine rings is 1. The second-order valence-corrected chi connectivity index (χ2v) is 6.38. The van der Waals surface area contributed by atoms with Gasteiger partial charge in [-0.15, -0.1) is 0 Å². The summed E-state index contributed by atoms with van der Waals surface area (Å²) in [6.07, 6.45) is 0. The molecule has 1 saturated heterocycles. The van der Waals surface area contributed by atoms with Gasteiger partial charge in [-0.25, -0.2) is 13.6 Å². The Hall–Kier alpha value is -1.35. The van der Waals surface area contributed by atoms with E-state index >= 15 is 0 Å². The first-order chi connectivity index (χ1) is 9.41. The van der Waals surface area contributed by atoms with Gasteiger partial charge in [-0.3, -0.25) is 4.90 Å². The quantitative estimate of drug-likeness (QED) is 0.617. The predicted octanol–water partition coefficient (Wildman–Crippen LogP) is -0.969. The summed E-state index contributed by atoms with van der Waals surface area (Å²) in [5.41, 5.74) is 7.16. The van der Waals surface area contributed by atoms with Crippen molar-refractivity contribution in [2.75, 3.05) is 50.0 Å². The Balaban J connectivity index is 2.11. The lowest BCUT2D eigenvalue weighted by molar-refractivity contribution is 0.189. The van der Waals surface area contributed by atoms with E-state index in [0.29, 0.717) is 12.2 Å². The molecule has 0 saturated carbocycles. The zero-order valence-electron chi connectivity index (χ0n) is 11.2. The van der Waals surface area contributed by atoms with E-state index in [4.69, 9.17) is 16.0 Å². The van der Waals surface area contributed by atoms with Gasteiger partial charge in [-0.1, -0.05) is 0 Å². The normalized spacial score (nSPS) is 17.4. The zero-order valence-corrected chi connectivity index (χ0v) is 12.0. The summed E-state index contributed by atoms with van der Waals surface area (Å²) in [5, 5.41) is 14.0. The van der Waals surface area contributed by atoms with E-state index in [-0.39, 0.29) is 11.5 Å². The second kappa shape index (κ2) is 5.96. The standard InChI is InChI=1S/C12H20N4O3S/c13-11-9-10(20(14,18)19)1-2-12(11)16-5-3-15(4-6-16)7-8-17/h1-2,9,17H,3-8,13H2,(H2,14,18,19). The van der Waals surface area contributed by atoms with Gasteiger partial charge in [0.25, 0.3) is 0 Å². The number of rotatable bonds is 4. The molecule has 20 heavy (non-hydrogen) atoms. The van der Waals surface area contributed by atoms with Crippen LogP contribution in [0, 0.1) is 0 Å². The highest BCUT2D eigenvalue weighted by Gasteiger charge is 2.19. The van der Waals surface area contributed by atoms with E-state index < -0.39 is 10.0 Å². The smallest absolute Gasteiger partial charge is 0.238 e. The van der Waals surface area contributed by atoms with Crippen LogP contribution in [-0.4, -0.2) is 57.8 Å². The highest BCUT2D eigenvalue weighted by molar-refractivity contribution is 7.89. The molecule has 0 atom stereocenters. The first-order valence-electron chi connectivity index (χ1n) is 6.42. The predicted molar refractivity (Wildman–Crippen MR) is 78.0 cm³/mol. The van der Waals surface area contributed by atoms with Crippen molar-refractivity contribution in [3.63, 3.8) is 0 Å². The summed E-state index contributed by atoms with van der Waals surface area (Å²) in [4.78, 5) is 4.30.